The summed E-state index contributed by atoms with van der Waals surface area (Å²) in [7, 11) is 0. The normalized spacial score (nSPS) is 14.0. The molecular formula is C29H32N4O5. The second-order valence-electron chi connectivity index (χ2n) is 9.62. The van der Waals surface area contributed by atoms with Gasteiger partial charge in [-0.15, -0.1) is 0 Å². The van der Waals surface area contributed by atoms with Crippen molar-refractivity contribution in [1.29, 1.82) is 0 Å². The number of carbonyl (C=O) groups is 2. The maximum Gasteiger partial charge on any atom is 0.257 e. The molecule has 0 saturated heterocycles. The maximum absolute atomic E-state index is 13.4. The highest BCUT2D eigenvalue weighted by Crippen LogP contribution is 2.35. The van der Waals surface area contributed by atoms with Crippen LogP contribution >= 0.6 is 0 Å². The van der Waals surface area contributed by atoms with E-state index in [0.29, 0.717) is 48.3 Å². The molecule has 1 aliphatic rings. The zero-order chi connectivity index (χ0) is 26.8. The van der Waals surface area contributed by atoms with E-state index in [1.165, 1.54) is 0 Å². The number of hydrogen-bond acceptors (Lipinski definition) is 5. The fourth-order valence-electron chi connectivity index (χ4n) is 4.89. The van der Waals surface area contributed by atoms with E-state index in [1.807, 2.05) is 55.8 Å². The highest BCUT2D eigenvalue weighted by Gasteiger charge is 2.28. The van der Waals surface area contributed by atoms with Crippen molar-refractivity contribution in [1.82, 2.24) is 20.2 Å². The molecule has 0 unspecified atom stereocenters. The Balaban J connectivity index is 1.34. The Morgan fingerprint density at radius 1 is 1.11 bits per heavy atom. The van der Waals surface area contributed by atoms with Crippen LogP contribution in [0.1, 0.15) is 43.1 Å². The number of hydrogen-bond donors (Lipinski definition) is 3. The predicted molar refractivity (Wildman–Crippen MR) is 146 cm³/mol. The molecule has 4 aromatic rings. The zero-order valence-corrected chi connectivity index (χ0v) is 21.8. The molecule has 0 bridgehead atoms. The molecule has 2 aromatic heterocycles. The van der Waals surface area contributed by atoms with Gasteiger partial charge in [0, 0.05) is 42.5 Å². The number of rotatable bonds is 9. The van der Waals surface area contributed by atoms with Crippen LogP contribution in [0.5, 0.6) is 11.5 Å². The van der Waals surface area contributed by atoms with E-state index in [-0.39, 0.29) is 24.2 Å². The standard InChI is InChI=1S/C29H32N4O5/c1-4-17(3)26(29(36)30-11-10-18-14-31-22-9-7-6-8-19(18)22)32-28(35)21-15-33(5-2)23-13-25-24(37-16-38-25)12-20(23)27(21)34/h6-9,12-15,17,26,31H,4-5,10-11,16H2,1-3H3,(H,30,36)(H,32,35)/t17-,26+/m1/s1. The van der Waals surface area contributed by atoms with Gasteiger partial charge < -0.3 is 29.7 Å². The number of nitrogens with one attached hydrogen (secondary N) is 3. The molecule has 3 heterocycles. The Bertz CT molecular complexity index is 1570. The molecule has 38 heavy (non-hydrogen) atoms. The molecule has 3 N–H and O–H groups in total. The van der Waals surface area contributed by atoms with Crippen molar-refractivity contribution in [3.63, 3.8) is 0 Å². The number of aromatic amines is 1. The SMILES string of the molecule is CC[C@@H](C)[C@H](NC(=O)c1cn(CC)c2cc3c(cc2c1=O)OCO3)C(=O)NCCc1c[nH]c2ccccc12. The summed E-state index contributed by atoms with van der Waals surface area (Å²) in [6.45, 7) is 6.86. The first-order valence-corrected chi connectivity index (χ1v) is 13.0. The lowest BCUT2D eigenvalue weighted by molar-refractivity contribution is -0.124. The first kappa shape index (κ1) is 25.4. The number of para-hydroxylation sites is 1. The van der Waals surface area contributed by atoms with E-state index >= 15 is 0 Å². The Hall–Kier alpha value is -4.27. The molecule has 0 spiro atoms. The number of fused-ring (bicyclic) bond motifs is 3. The number of nitrogens with zero attached hydrogens (tertiary/aromatic N) is 1. The van der Waals surface area contributed by atoms with Gasteiger partial charge in [0.05, 0.1) is 10.9 Å². The topological polar surface area (TPSA) is 114 Å². The molecule has 2 amide bonds. The van der Waals surface area contributed by atoms with Gasteiger partial charge in [0.2, 0.25) is 18.1 Å². The monoisotopic (exact) mass is 516 g/mol. The van der Waals surface area contributed by atoms with E-state index in [9.17, 15) is 14.4 Å². The second-order valence-corrected chi connectivity index (χ2v) is 9.62. The Kier molecular flexibility index (Phi) is 7.09. The van der Waals surface area contributed by atoms with E-state index in [1.54, 1.807) is 18.3 Å². The number of ether oxygens (including phenoxy) is 2. The fourth-order valence-corrected chi connectivity index (χ4v) is 4.89. The number of carbonyl (C=O) groups excluding carboxylic acids is 2. The molecule has 1 aliphatic heterocycles. The van der Waals surface area contributed by atoms with Gasteiger partial charge in [0.15, 0.2) is 11.5 Å². The summed E-state index contributed by atoms with van der Waals surface area (Å²) in [6.07, 6.45) is 4.83. The van der Waals surface area contributed by atoms with E-state index in [4.69, 9.17) is 9.47 Å². The van der Waals surface area contributed by atoms with Crippen molar-refractivity contribution in [2.45, 2.75) is 46.2 Å². The third-order valence-electron chi connectivity index (χ3n) is 7.31. The number of aryl methyl sites for hydroxylation is 1. The Labute approximate surface area is 220 Å². The van der Waals surface area contributed by atoms with Crippen molar-refractivity contribution in [2.24, 2.45) is 5.92 Å². The highest BCUT2D eigenvalue weighted by atomic mass is 16.7. The van der Waals surface area contributed by atoms with E-state index in [0.717, 1.165) is 16.5 Å². The fraction of sp³-hybridized carbons (Fsp3) is 0.345. The van der Waals surface area contributed by atoms with Gasteiger partial charge >= 0.3 is 0 Å². The minimum atomic E-state index is -0.780. The molecule has 5 rings (SSSR count). The second kappa shape index (κ2) is 10.6. The van der Waals surface area contributed by atoms with Crippen LogP contribution < -0.4 is 25.5 Å². The first-order chi connectivity index (χ1) is 18.4. The van der Waals surface area contributed by atoms with Crippen LogP contribution in [0.4, 0.5) is 0 Å². The smallest absolute Gasteiger partial charge is 0.257 e. The molecule has 0 radical (unpaired) electrons. The average molecular weight is 517 g/mol. The van der Waals surface area contributed by atoms with Crippen LogP contribution in [0.3, 0.4) is 0 Å². The number of amides is 2. The van der Waals surface area contributed by atoms with Crippen LogP contribution in [0.2, 0.25) is 0 Å². The summed E-state index contributed by atoms with van der Waals surface area (Å²) in [4.78, 5) is 43.2. The van der Waals surface area contributed by atoms with Gasteiger partial charge in [-0.25, -0.2) is 0 Å². The van der Waals surface area contributed by atoms with Gasteiger partial charge in [-0.3, -0.25) is 14.4 Å². The third kappa shape index (κ3) is 4.71. The van der Waals surface area contributed by atoms with Crippen LogP contribution in [-0.4, -0.2) is 40.7 Å². The van der Waals surface area contributed by atoms with Crippen LogP contribution in [0.25, 0.3) is 21.8 Å². The third-order valence-corrected chi connectivity index (χ3v) is 7.31. The van der Waals surface area contributed by atoms with Gasteiger partial charge in [0.1, 0.15) is 11.6 Å². The Morgan fingerprint density at radius 3 is 2.63 bits per heavy atom. The molecule has 2 atom stereocenters. The summed E-state index contributed by atoms with van der Waals surface area (Å²) in [6, 6.07) is 10.6. The van der Waals surface area contributed by atoms with E-state index in [2.05, 4.69) is 15.6 Å². The summed E-state index contributed by atoms with van der Waals surface area (Å²) in [5, 5.41) is 7.30. The van der Waals surface area contributed by atoms with Gasteiger partial charge in [-0.1, -0.05) is 38.5 Å². The van der Waals surface area contributed by atoms with Crippen molar-refractivity contribution in [3.8, 4) is 11.5 Å². The molecule has 2 aromatic carbocycles. The summed E-state index contributed by atoms with van der Waals surface area (Å²) < 4.78 is 12.7. The van der Waals surface area contributed by atoms with Gasteiger partial charge in [-0.05, 0) is 37.0 Å². The van der Waals surface area contributed by atoms with Crippen molar-refractivity contribution in [2.75, 3.05) is 13.3 Å². The van der Waals surface area contributed by atoms with Crippen LogP contribution in [0, 0.1) is 5.92 Å². The zero-order valence-electron chi connectivity index (χ0n) is 21.8. The van der Waals surface area contributed by atoms with Crippen LogP contribution in [-0.2, 0) is 17.8 Å². The Morgan fingerprint density at radius 2 is 1.87 bits per heavy atom. The number of benzene rings is 2. The molecule has 0 saturated carbocycles. The number of pyridine rings is 1. The molecule has 198 valence electrons. The van der Waals surface area contributed by atoms with Crippen molar-refractivity contribution in [3.05, 3.63) is 70.1 Å². The van der Waals surface area contributed by atoms with E-state index < -0.39 is 17.4 Å². The highest BCUT2D eigenvalue weighted by molar-refractivity contribution is 6.00. The number of H-pyrrole nitrogens is 1. The summed E-state index contributed by atoms with van der Waals surface area (Å²) in [5.41, 5.74) is 2.39. The predicted octanol–water partition coefficient (Wildman–Crippen LogP) is 3.73. The van der Waals surface area contributed by atoms with Crippen LogP contribution in [0.15, 0.2) is 53.6 Å². The average Bonchev–Trinajstić information content (AvgIpc) is 3.57. The molecule has 0 aliphatic carbocycles. The lowest BCUT2D eigenvalue weighted by Gasteiger charge is -2.24. The summed E-state index contributed by atoms with van der Waals surface area (Å²) >= 11 is 0. The largest absolute Gasteiger partial charge is 0.454 e. The lowest BCUT2D eigenvalue weighted by atomic mass is 9.97. The van der Waals surface area contributed by atoms with Gasteiger partial charge in [0.25, 0.3) is 5.91 Å². The summed E-state index contributed by atoms with van der Waals surface area (Å²) in [5.74, 6) is 0.0652. The van der Waals surface area contributed by atoms with Crippen molar-refractivity contribution >= 4 is 33.6 Å². The van der Waals surface area contributed by atoms with Crippen molar-refractivity contribution < 1.29 is 19.1 Å². The maximum atomic E-state index is 13.4. The molecule has 9 nitrogen and oxygen atoms in total. The first-order valence-electron chi connectivity index (χ1n) is 13.0. The number of aromatic nitrogens is 2. The minimum Gasteiger partial charge on any atom is -0.454 e. The lowest BCUT2D eigenvalue weighted by Crippen LogP contribution is -2.51. The molecule has 9 heteroatoms. The quantitative estimate of drug-likeness (QED) is 0.314. The minimum absolute atomic E-state index is 0.0156. The van der Waals surface area contributed by atoms with Gasteiger partial charge in [-0.2, -0.15) is 0 Å². The molecule has 0 fully saturated rings. The molecular weight excluding hydrogens is 484 g/mol.